The molecule has 1 fully saturated rings. The Morgan fingerprint density at radius 3 is 2.44 bits per heavy atom. The first-order valence-electron chi connectivity index (χ1n) is 12.1. The number of para-hydroxylation sites is 1. The molecule has 1 aliphatic heterocycles. The highest BCUT2D eigenvalue weighted by Gasteiger charge is 2.25. The molecule has 6 nitrogen and oxygen atoms in total. The maximum absolute atomic E-state index is 13.3. The molecule has 1 amide bonds. The van der Waals surface area contributed by atoms with E-state index in [1.807, 2.05) is 30.3 Å². The minimum Gasteiger partial charge on any atom is -0.356 e. The molecule has 0 radical (unpaired) electrons. The van der Waals surface area contributed by atoms with Crippen LogP contribution in [-0.4, -0.2) is 33.5 Å². The van der Waals surface area contributed by atoms with E-state index in [9.17, 15) is 4.79 Å². The molecule has 1 saturated heterocycles. The number of anilines is 1. The van der Waals surface area contributed by atoms with Crippen molar-refractivity contribution in [2.45, 2.75) is 46.6 Å². The number of fused-ring (bicyclic) bond motifs is 1. The quantitative estimate of drug-likeness (QED) is 0.447. The second-order valence-corrected chi connectivity index (χ2v) is 9.17. The van der Waals surface area contributed by atoms with E-state index in [1.165, 1.54) is 12.0 Å². The van der Waals surface area contributed by atoms with Gasteiger partial charge in [0.1, 0.15) is 5.82 Å². The molecular formula is C28H31N5O. The Kier molecular flexibility index (Phi) is 6.05. The van der Waals surface area contributed by atoms with Crippen LogP contribution in [0.4, 0.5) is 5.82 Å². The normalized spacial score (nSPS) is 13.9. The molecule has 0 bridgehead atoms. The maximum Gasteiger partial charge on any atom is 0.289 e. The highest BCUT2D eigenvalue weighted by atomic mass is 16.2. The van der Waals surface area contributed by atoms with E-state index >= 15 is 0 Å². The van der Waals surface area contributed by atoms with Crippen molar-refractivity contribution < 1.29 is 4.79 Å². The van der Waals surface area contributed by atoms with Gasteiger partial charge in [-0.15, -0.1) is 0 Å². The molecule has 0 unspecified atom stereocenters. The average Bonchev–Trinajstić information content (AvgIpc) is 3.12. The number of rotatable bonds is 5. The van der Waals surface area contributed by atoms with Crippen LogP contribution in [-0.2, 0) is 6.54 Å². The predicted molar refractivity (Wildman–Crippen MR) is 137 cm³/mol. The molecule has 5 rings (SSSR count). The molecule has 0 aliphatic carbocycles. The van der Waals surface area contributed by atoms with Crippen molar-refractivity contribution in [2.75, 3.05) is 18.0 Å². The Morgan fingerprint density at radius 1 is 0.941 bits per heavy atom. The van der Waals surface area contributed by atoms with E-state index in [1.54, 1.807) is 0 Å². The third-order valence-corrected chi connectivity index (χ3v) is 6.74. The van der Waals surface area contributed by atoms with Crippen molar-refractivity contribution in [1.82, 2.24) is 19.9 Å². The van der Waals surface area contributed by atoms with Crippen LogP contribution in [0.2, 0.25) is 0 Å². The fourth-order valence-corrected chi connectivity index (χ4v) is 4.85. The lowest BCUT2D eigenvalue weighted by atomic mass is 10.1. The molecule has 0 spiro atoms. The third-order valence-electron chi connectivity index (χ3n) is 6.74. The molecule has 34 heavy (non-hydrogen) atoms. The van der Waals surface area contributed by atoms with Crippen LogP contribution in [0.1, 0.15) is 52.3 Å². The van der Waals surface area contributed by atoms with Crippen LogP contribution in [0, 0.1) is 20.8 Å². The fourth-order valence-electron chi connectivity index (χ4n) is 4.85. The van der Waals surface area contributed by atoms with Gasteiger partial charge >= 0.3 is 0 Å². The first-order valence-corrected chi connectivity index (χ1v) is 12.1. The zero-order valence-electron chi connectivity index (χ0n) is 20.1. The van der Waals surface area contributed by atoms with E-state index in [0.717, 1.165) is 65.3 Å². The van der Waals surface area contributed by atoms with Gasteiger partial charge in [0, 0.05) is 31.0 Å². The number of amides is 1. The molecule has 3 heterocycles. The van der Waals surface area contributed by atoms with Crippen LogP contribution in [0.15, 0.2) is 54.6 Å². The molecule has 2 aromatic heterocycles. The van der Waals surface area contributed by atoms with Gasteiger partial charge in [-0.1, -0.05) is 48.0 Å². The lowest BCUT2D eigenvalue weighted by Crippen LogP contribution is -2.32. The van der Waals surface area contributed by atoms with Gasteiger partial charge in [-0.25, -0.2) is 9.97 Å². The lowest BCUT2D eigenvalue weighted by molar-refractivity contribution is 0.0941. The Balaban J connectivity index is 1.61. The number of hydrogen-bond acceptors (Lipinski definition) is 4. The molecule has 0 saturated carbocycles. The van der Waals surface area contributed by atoms with Crippen LogP contribution >= 0.6 is 0 Å². The van der Waals surface area contributed by atoms with Gasteiger partial charge in [-0.05, 0) is 63.3 Å². The van der Waals surface area contributed by atoms with Gasteiger partial charge in [0.15, 0.2) is 5.65 Å². The highest BCUT2D eigenvalue weighted by molar-refractivity contribution is 5.98. The lowest BCUT2D eigenvalue weighted by Gasteiger charge is -2.28. The van der Waals surface area contributed by atoms with Gasteiger partial charge < -0.3 is 10.2 Å². The zero-order valence-corrected chi connectivity index (χ0v) is 20.1. The largest absolute Gasteiger partial charge is 0.356 e. The van der Waals surface area contributed by atoms with E-state index in [2.05, 4.69) is 59.8 Å². The molecular weight excluding hydrogens is 422 g/mol. The van der Waals surface area contributed by atoms with Gasteiger partial charge in [0.2, 0.25) is 5.82 Å². The standard InChI is InChI=1S/C28H31N5O/c1-19-11-10-12-22(17-19)18-29-28(34)25-30-26(32-15-8-5-9-16-32)24-20(2)21(3)33(27(24)31-25)23-13-6-4-7-14-23/h4,6-7,10-14,17H,5,8-9,15-16,18H2,1-3H3,(H,29,34). The first-order chi connectivity index (χ1) is 16.5. The molecule has 2 aromatic carbocycles. The fraction of sp³-hybridized carbons (Fsp3) is 0.321. The second kappa shape index (κ2) is 9.29. The van der Waals surface area contributed by atoms with Gasteiger partial charge in [-0.3, -0.25) is 9.36 Å². The van der Waals surface area contributed by atoms with Gasteiger partial charge in [0.05, 0.1) is 5.39 Å². The Bertz CT molecular complexity index is 1340. The van der Waals surface area contributed by atoms with Crippen LogP contribution in [0.25, 0.3) is 16.7 Å². The minimum atomic E-state index is -0.252. The van der Waals surface area contributed by atoms with Crippen molar-refractivity contribution in [3.63, 3.8) is 0 Å². The molecule has 1 N–H and O–H groups in total. The van der Waals surface area contributed by atoms with E-state index in [0.29, 0.717) is 6.54 Å². The summed E-state index contributed by atoms with van der Waals surface area (Å²) in [7, 11) is 0. The number of nitrogens with zero attached hydrogens (tertiary/aromatic N) is 4. The van der Waals surface area contributed by atoms with Gasteiger partial charge in [-0.2, -0.15) is 0 Å². The minimum absolute atomic E-state index is 0.218. The van der Waals surface area contributed by atoms with Crippen molar-refractivity contribution >= 4 is 22.8 Å². The number of carbonyl (C=O) groups is 1. The smallest absolute Gasteiger partial charge is 0.289 e. The SMILES string of the molecule is Cc1cccc(CNC(=O)c2nc(N3CCCCC3)c3c(C)c(C)n(-c4ccccc4)c3n2)c1. The summed E-state index contributed by atoms with van der Waals surface area (Å²) in [6, 6.07) is 18.4. The summed E-state index contributed by atoms with van der Waals surface area (Å²) >= 11 is 0. The van der Waals surface area contributed by atoms with Crippen LogP contribution < -0.4 is 10.2 Å². The summed E-state index contributed by atoms with van der Waals surface area (Å²) in [5, 5.41) is 4.07. The van der Waals surface area contributed by atoms with E-state index in [4.69, 9.17) is 9.97 Å². The first kappa shape index (κ1) is 22.1. The molecule has 1 aliphatic rings. The Hall–Kier alpha value is -3.67. The Morgan fingerprint density at radius 2 is 1.71 bits per heavy atom. The number of benzene rings is 2. The van der Waals surface area contributed by atoms with Gasteiger partial charge in [0.25, 0.3) is 5.91 Å². The number of carbonyl (C=O) groups excluding carboxylic acids is 1. The predicted octanol–water partition coefficient (Wildman–Crippen LogP) is 5.27. The Labute approximate surface area is 200 Å². The molecule has 4 aromatic rings. The monoisotopic (exact) mass is 453 g/mol. The van der Waals surface area contributed by atoms with Crippen molar-refractivity contribution in [3.8, 4) is 5.69 Å². The number of piperidine rings is 1. The summed E-state index contributed by atoms with van der Waals surface area (Å²) < 4.78 is 2.15. The van der Waals surface area contributed by atoms with Crippen molar-refractivity contribution in [3.05, 3.63) is 82.8 Å². The third kappa shape index (κ3) is 4.16. The summed E-state index contributed by atoms with van der Waals surface area (Å²) in [5.74, 6) is 0.842. The van der Waals surface area contributed by atoms with E-state index < -0.39 is 0 Å². The second-order valence-electron chi connectivity index (χ2n) is 9.17. The topological polar surface area (TPSA) is 63.1 Å². The summed E-state index contributed by atoms with van der Waals surface area (Å²) in [6.07, 6.45) is 3.51. The molecule has 6 heteroatoms. The van der Waals surface area contributed by atoms with Crippen molar-refractivity contribution in [2.24, 2.45) is 0 Å². The van der Waals surface area contributed by atoms with E-state index in [-0.39, 0.29) is 11.7 Å². The maximum atomic E-state index is 13.3. The number of aryl methyl sites for hydroxylation is 2. The number of nitrogens with one attached hydrogen (secondary N) is 1. The average molecular weight is 454 g/mol. The summed E-state index contributed by atoms with van der Waals surface area (Å²) in [5.41, 5.74) is 6.33. The van der Waals surface area contributed by atoms with Crippen LogP contribution in [0.3, 0.4) is 0 Å². The van der Waals surface area contributed by atoms with Crippen LogP contribution in [0.5, 0.6) is 0 Å². The molecule has 0 atom stereocenters. The summed E-state index contributed by atoms with van der Waals surface area (Å²) in [4.78, 5) is 25.3. The number of aromatic nitrogens is 3. The highest BCUT2D eigenvalue weighted by Crippen LogP contribution is 2.34. The zero-order chi connectivity index (χ0) is 23.7. The molecule has 174 valence electrons. The number of hydrogen-bond donors (Lipinski definition) is 1. The summed E-state index contributed by atoms with van der Waals surface area (Å²) in [6.45, 7) is 8.64. The van der Waals surface area contributed by atoms with Crippen molar-refractivity contribution in [1.29, 1.82) is 0 Å².